The maximum absolute atomic E-state index is 13.2. The Morgan fingerprint density at radius 2 is 1.65 bits per heavy atom. The number of nitrogens with one attached hydrogen (secondary N) is 1. The molecule has 0 bridgehead atoms. The van der Waals surface area contributed by atoms with Crippen molar-refractivity contribution in [2.45, 2.75) is 71.3 Å². The molecule has 0 saturated heterocycles. The molecule has 0 aliphatic carbocycles. The Kier molecular flexibility index (Phi) is 10.6. The lowest BCUT2D eigenvalue weighted by Crippen LogP contribution is -2.50. The summed E-state index contributed by atoms with van der Waals surface area (Å²) in [5.41, 5.74) is 3.49. The summed E-state index contributed by atoms with van der Waals surface area (Å²) in [6.07, 6.45) is 1.89. The molecular formula is C26H36N2O2S. The molecule has 2 unspecified atom stereocenters. The van der Waals surface area contributed by atoms with Crippen LogP contribution in [0.1, 0.15) is 56.7 Å². The largest absolute Gasteiger partial charge is 0.352 e. The van der Waals surface area contributed by atoms with E-state index in [1.165, 1.54) is 11.1 Å². The summed E-state index contributed by atoms with van der Waals surface area (Å²) >= 11 is 1.75. The van der Waals surface area contributed by atoms with E-state index in [0.29, 0.717) is 19.4 Å². The monoisotopic (exact) mass is 440 g/mol. The summed E-state index contributed by atoms with van der Waals surface area (Å²) in [6.45, 7) is 8.52. The first-order valence-corrected chi connectivity index (χ1v) is 12.4. The molecule has 31 heavy (non-hydrogen) atoms. The van der Waals surface area contributed by atoms with Crippen molar-refractivity contribution < 1.29 is 9.59 Å². The molecule has 4 nitrogen and oxygen atoms in total. The van der Waals surface area contributed by atoms with Crippen LogP contribution in [0.5, 0.6) is 0 Å². The predicted molar refractivity (Wildman–Crippen MR) is 131 cm³/mol. The number of hydrogen-bond acceptors (Lipinski definition) is 3. The molecule has 2 atom stereocenters. The lowest BCUT2D eigenvalue weighted by atomic mass is 10.1. The van der Waals surface area contributed by atoms with E-state index in [1.807, 2.05) is 70.2 Å². The van der Waals surface area contributed by atoms with Crippen molar-refractivity contribution in [1.29, 1.82) is 0 Å². The molecule has 1 N–H and O–H groups in total. The molecule has 2 aromatic carbocycles. The molecule has 0 aliphatic heterocycles. The van der Waals surface area contributed by atoms with Crippen LogP contribution in [0.2, 0.25) is 0 Å². The van der Waals surface area contributed by atoms with Crippen molar-refractivity contribution in [1.82, 2.24) is 10.2 Å². The molecule has 2 rings (SSSR count). The second kappa shape index (κ2) is 13.2. The van der Waals surface area contributed by atoms with Crippen LogP contribution in [0.3, 0.4) is 0 Å². The summed E-state index contributed by atoms with van der Waals surface area (Å²) in [7, 11) is 0. The lowest BCUT2D eigenvalue weighted by molar-refractivity contribution is -0.141. The molecular weight excluding hydrogens is 404 g/mol. The highest BCUT2D eigenvalue weighted by Crippen LogP contribution is 2.18. The summed E-state index contributed by atoms with van der Waals surface area (Å²) in [5, 5.41) is 3.06. The molecule has 0 saturated carbocycles. The topological polar surface area (TPSA) is 49.4 Å². The number of amides is 2. The van der Waals surface area contributed by atoms with Crippen molar-refractivity contribution in [3.05, 3.63) is 71.3 Å². The highest BCUT2D eigenvalue weighted by atomic mass is 32.2. The van der Waals surface area contributed by atoms with E-state index in [9.17, 15) is 9.59 Å². The summed E-state index contributed by atoms with van der Waals surface area (Å²) in [5.74, 6) is 1.60. The van der Waals surface area contributed by atoms with Crippen LogP contribution in [0.15, 0.2) is 54.6 Å². The molecule has 5 heteroatoms. The van der Waals surface area contributed by atoms with Gasteiger partial charge < -0.3 is 10.2 Å². The van der Waals surface area contributed by atoms with E-state index in [0.717, 1.165) is 23.5 Å². The number of aryl methyl sites for hydroxylation is 1. The van der Waals surface area contributed by atoms with Crippen molar-refractivity contribution in [3.63, 3.8) is 0 Å². The van der Waals surface area contributed by atoms with E-state index in [2.05, 4.69) is 17.4 Å². The van der Waals surface area contributed by atoms with Gasteiger partial charge in [0.05, 0.1) is 0 Å². The van der Waals surface area contributed by atoms with Crippen LogP contribution in [0.25, 0.3) is 0 Å². The van der Waals surface area contributed by atoms with E-state index in [1.54, 1.807) is 16.7 Å². The van der Waals surface area contributed by atoms with Crippen LogP contribution in [-0.2, 0) is 21.9 Å². The van der Waals surface area contributed by atoms with Gasteiger partial charge in [0, 0.05) is 30.5 Å². The first-order chi connectivity index (χ1) is 14.9. The molecule has 0 heterocycles. The van der Waals surface area contributed by atoms with Crippen molar-refractivity contribution in [3.8, 4) is 0 Å². The van der Waals surface area contributed by atoms with Gasteiger partial charge in [-0.05, 0) is 37.8 Å². The quantitative estimate of drug-likeness (QED) is 0.453. The smallest absolute Gasteiger partial charge is 0.243 e. The van der Waals surface area contributed by atoms with Gasteiger partial charge in [0.25, 0.3) is 0 Å². The Morgan fingerprint density at radius 3 is 2.26 bits per heavy atom. The molecule has 2 amide bonds. The third-order valence-corrected chi connectivity index (χ3v) is 6.46. The molecule has 0 radical (unpaired) electrons. The standard InChI is InChI=1S/C26H36N2O2S/c1-5-21(4)27-26(30)24(6-2)28(18-22-14-12-20(3)13-15-22)25(29)16-17-31-19-23-10-8-7-9-11-23/h7-15,21,24H,5-6,16-19H2,1-4H3,(H,27,30). The SMILES string of the molecule is CCC(C)NC(=O)C(CC)N(Cc1ccc(C)cc1)C(=O)CCSCc1ccccc1. The number of nitrogens with zero attached hydrogens (tertiary/aromatic N) is 1. The van der Waals surface area contributed by atoms with Crippen LogP contribution in [0, 0.1) is 6.92 Å². The normalized spacial score (nSPS) is 12.8. The van der Waals surface area contributed by atoms with Gasteiger partial charge >= 0.3 is 0 Å². The molecule has 0 aliphatic rings. The summed E-state index contributed by atoms with van der Waals surface area (Å²) in [4.78, 5) is 27.9. The zero-order chi connectivity index (χ0) is 22.6. The fourth-order valence-electron chi connectivity index (χ4n) is 3.32. The molecule has 0 fully saturated rings. The first-order valence-electron chi connectivity index (χ1n) is 11.2. The minimum atomic E-state index is -0.457. The number of benzene rings is 2. The van der Waals surface area contributed by atoms with Crippen LogP contribution >= 0.6 is 11.8 Å². The van der Waals surface area contributed by atoms with Gasteiger partial charge in [-0.15, -0.1) is 0 Å². The molecule has 168 valence electrons. The van der Waals surface area contributed by atoms with Gasteiger partial charge in [-0.2, -0.15) is 11.8 Å². The van der Waals surface area contributed by atoms with Gasteiger partial charge in [0.2, 0.25) is 11.8 Å². The minimum Gasteiger partial charge on any atom is -0.352 e. The third kappa shape index (κ3) is 8.41. The fourth-order valence-corrected chi connectivity index (χ4v) is 4.21. The van der Waals surface area contributed by atoms with Crippen LogP contribution < -0.4 is 5.32 Å². The van der Waals surface area contributed by atoms with E-state index in [-0.39, 0.29) is 17.9 Å². The summed E-state index contributed by atoms with van der Waals surface area (Å²) in [6, 6.07) is 18.1. The lowest BCUT2D eigenvalue weighted by Gasteiger charge is -2.31. The minimum absolute atomic E-state index is 0.0345. The Morgan fingerprint density at radius 1 is 0.968 bits per heavy atom. The number of rotatable bonds is 12. The van der Waals surface area contributed by atoms with Crippen LogP contribution in [0.4, 0.5) is 0 Å². The van der Waals surface area contributed by atoms with Gasteiger partial charge in [-0.3, -0.25) is 9.59 Å². The van der Waals surface area contributed by atoms with E-state index in [4.69, 9.17) is 0 Å². The van der Waals surface area contributed by atoms with Crippen molar-refractivity contribution in [2.24, 2.45) is 0 Å². The molecule has 2 aromatic rings. The van der Waals surface area contributed by atoms with Crippen molar-refractivity contribution >= 4 is 23.6 Å². The number of carbonyl (C=O) groups excluding carboxylic acids is 2. The van der Waals surface area contributed by atoms with Gasteiger partial charge in [-0.25, -0.2) is 0 Å². The zero-order valence-corrected chi connectivity index (χ0v) is 20.1. The number of thioether (sulfide) groups is 1. The van der Waals surface area contributed by atoms with E-state index < -0.39 is 6.04 Å². The first kappa shape index (κ1) is 25.0. The maximum atomic E-state index is 13.2. The Labute approximate surface area is 191 Å². The number of hydrogen-bond donors (Lipinski definition) is 1. The highest BCUT2D eigenvalue weighted by molar-refractivity contribution is 7.98. The second-order valence-corrected chi connectivity index (χ2v) is 9.14. The second-order valence-electron chi connectivity index (χ2n) is 8.04. The zero-order valence-electron chi connectivity index (χ0n) is 19.3. The Hall–Kier alpha value is -2.27. The maximum Gasteiger partial charge on any atom is 0.243 e. The molecule has 0 aromatic heterocycles. The Balaban J connectivity index is 2.06. The molecule has 0 spiro atoms. The third-order valence-electron chi connectivity index (χ3n) is 5.43. The average Bonchev–Trinajstić information content (AvgIpc) is 2.78. The summed E-state index contributed by atoms with van der Waals surface area (Å²) < 4.78 is 0. The van der Waals surface area contributed by atoms with Gasteiger partial charge in [-0.1, -0.05) is 74.0 Å². The number of carbonyl (C=O) groups is 2. The van der Waals surface area contributed by atoms with Crippen LogP contribution in [-0.4, -0.2) is 34.6 Å². The Bertz CT molecular complexity index is 808. The fraction of sp³-hybridized carbons (Fsp3) is 0.462. The highest BCUT2D eigenvalue weighted by Gasteiger charge is 2.28. The van der Waals surface area contributed by atoms with E-state index >= 15 is 0 Å². The van der Waals surface area contributed by atoms with Gasteiger partial charge in [0.15, 0.2) is 0 Å². The van der Waals surface area contributed by atoms with Gasteiger partial charge in [0.1, 0.15) is 6.04 Å². The van der Waals surface area contributed by atoms with Crippen molar-refractivity contribution in [2.75, 3.05) is 5.75 Å². The average molecular weight is 441 g/mol. The predicted octanol–water partition coefficient (Wildman–Crippen LogP) is 5.34.